The Bertz CT molecular complexity index is 897. The molecule has 8 heteroatoms. The number of urea groups is 1. The number of amides is 2. The number of hydrogen-bond acceptors (Lipinski definition) is 5. The molecule has 0 radical (unpaired) electrons. The van der Waals surface area contributed by atoms with E-state index in [4.69, 9.17) is 4.52 Å². The van der Waals surface area contributed by atoms with Gasteiger partial charge in [0.1, 0.15) is 0 Å². The fourth-order valence-corrected chi connectivity index (χ4v) is 3.39. The molecule has 2 amide bonds. The second-order valence-electron chi connectivity index (χ2n) is 6.85. The van der Waals surface area contributed by atoms with Crippen LogP contribution in [0, 0.1) is 12.8 Å². The Hall–Kier alpha value is -3.16. The third-order valence-corrected chi connectivity index (χ3v) is 4.86. The Morgan fingerprint density at radius 2 is 2.19 bits per heavy atom. The molecule has 0 unspecified atom stereocenters. The maximum absolute atomic E-state index is 12.6. The lowest BCUT2D eigenvalue weighted by Gasteiger charge is -2.31. The number of hydrogen-bond donors (Lipinski definition) is 2. The van der Waals surface area contributed by atoms with Crippen LogP contribution < -0.4 is 5.32 Å². The van der Waals surface area contributed by atoms with Crippen LogP contribution in [-0.4, -0.2) is 44.4 Å². The quantitative estimate of drug-likeness (QED) is 0.738. The average molecular weight is 366 g/mol. The summed E-state index contributed by atoms with van der Waals surface area (Å²) in [7, 11) is 0. The van der Waals surface area contributed by atoms with Gasteiger partial charge in [-0.1, -0.05) is 17.3 Å². The Morgan fingerprint density at radius 3 is 2.89 bits per heavy atom. The fourth-order valence-electron chi connectivity index (χ4n) is 3.39. The number of carbonyl (C=O) groups is 1. The molecule has 3 heterocycles. The maximum Gasteiger partial charge on any atom is 0.321 e. The number of aryl methyl sites for hydroxylation is 1. The van der Waals surface area contributed by atoms with E-state index < -0.39 is 0 Å². The normalized spacial score (nSPS) is 15.1. The SMILES string of the molecule is Cc1noc(CC2CCN(C(=O)Nc3cccc(-c4ccn[nH]4)c3)CC2)n1. The van der Waals surface area contributed by atoms with Crippen molar-refractivity contribution in [1.82, 2.24) is 25.2 Å². The lowest BCUT2D eigenvalue weighted by atomic mass is 9.94. The van der Waals surface area contributed by atoms with Gasteiger partial charge in [0, 0.05) is 37.0 Å². The second-order valence-corrected chi connectivity index (χ2v) is 6.85. The second kappa shape index (κ2) is 7.61. The highest BCUT2D eigenvalue weighted by atomic mass is 16.5. The minimum Gasteiger partial charge on any atom is -0.339 e. The predicted octanol–water partition coefficient (Wildman–Crippen LogP) is 3.25. The first-order valence-corrected chi connectivity index (χ1v) is 9.12. The van der Waals surface area contributed by atoms with Crippen LogP contribution >= 0.6 is 0 Å². The van der Waals surface area contributed by atoms with Gasteiger partial charge in [0.2, 0.25) is 5.89 Å². The molecule has 0 aliphatic carbocycles. The molecule has 2 N–H and O–H groups in total. The first-order chi connectivity index (χ1) is 13.2. The van der Waals surface area contributed by atoms with Crippen LogP contribution in [0.5, 0.6) is 0 Å². The highest BCUT2D eigenvalue weighted by molar-refractivity contribution is 5.90. The van der Waals surface area contributed by atoms with Gasteiger partial charge in [0.15, 0.2) is 5.82 Å². The maximum atomic E-state index is 12.6. The van der Waals surface area contributed by atoms with Gasteiger partial charge in [-0.25, -0.2) is 4.79 Å². The molecule has 8 nitrogen and oxygen atoms in total. The van der Waals surface area contributed by atoms with Crippen molar-refractivity contribution in [3.8, 4) is 11.3 Å². The smallest absolute Gasteiger partial charge is 0.321 e. The van der Waals surface area contributed by atoms with Gasteiger partial charge in [-0.2, -0.15) is 10.1 Å². The average Bonchev–Trinajstić information content (AvgIpc) is 3.35. The third kappa shape index (κ3) is 4.16. The fraction of sp³-hybridized carbons (Fsp3) is 0.368. The highest BCUT2D eigenvalue weighted by Gasteiger charge is 2.24. The van der Waals surface area contributed by atoms with Crippen LogP contribution in [0.4, 0.5) is 10.5 Å². The molecule has 1 aliphatic heterocycles. The van der Waals surface area contributed by atoms with Crippen LogP contribution in [0.3, 0.4) is 0 Å². The number of anilines is 1. The van der Waals surface area contributed by atoms with Gasteiger partial charge < -0.3 is 14.7 Å². The summed E-state index contributed by atoms with van der Waals surface area (Å²) in [6, 6.07) is 9.57. The number of H-pyrrole nitrogens is 1. The van der Waals surface area contributed by atoms with Gasteiger partial charge in [0.05, 0.1) is 5.69 Å². The Labute approximate surface area is 157 Å². The molecule has 27 heavy (non-hydrogen) atoms. The van der Waals surface area contributed by atoms with E-state index >= 15 is 0 Å². The van der Waals surface area contributed by atoms with Crippen LogP contribution in [0.2, 0.25) is 0 Å². The molecular formula is C19H22N6O2. The van der Waals surface area contributed by atoms with Crippen LogP contribution in [0.1, 0.15) is 24.6 Å². The van der Waals surface area contributed by atoms with E-state index in [-0.39, 0.29) is 6.03 Å². The first-order valence-electron chi connectivity index (χ1n) is 9.12. The zero-order valence-electron chi connectivity index (χ0n) is 15.2. The van der Waals surface area contributed by atoms with Gasteiger partial charge in [-0.15, -0.1) is 0 Å². The van der Waals surface area contributed by atoms with Crippen molar-refractivity contribution in [2.45, 2.75) is 26.2 Å². The zero-order chi connectivity index (χ0) is 18.6. The number of benzene rings is 1. The minimum absolute atomic E-state index is 0.0659. The van der Waals surface area contributed by atoms with Crippen molar-refractivity contribution >= 4 is 11.7 Å². The number of nitrogens with one attached hydrogen (secondary N) is 2. The first kappa shape index (κ1) is 17.3. The zero-order valence-corrected chi connectivity index (χ0v) is 15.2. The Kier molecular flexibility index (Phi) is 4.86. The third-order valence-electron chi connectivity index (χ3n) is 4.86. The minimum atomic E-state index is -0.0659. The number of rotatable bonds is 4. The monoisotopic (exact) mass is 366 g/mol. The van der Waals surface area contributed by atoms with Crippen LogP contribution in [-0.2, 0) is 6.42 Å². The summed E-state index contributed by atoms with van der Waals surface area (Å²) in [6.45, 7) is 3.27. The predicted molar refractivity (Wildman–Crippen MR) is 100 cm³/mol. The molecule has 1 aromatic carbocycles. The van der Waals surface area contributed by atoms with Crippen molar-refractivity contribution in [2.75, 3.05) is 18.4 Å². The summed E-state index contributed by atoms with van der Waals surface area (Å²) in [5, 5.41) is 13.7. The number of nitrogens with zero attached hydrogens (tertiary/aromatic N) is 4. The van der Waals surface area contributed by atoms with Crippen molar-refractivity contribution in [3.63, 3.8) is 0 Å². The van der Waals surface area contributed by atoms with E-state index in [1.807, 2.05) is 42.2 Å². The molecule has 1 aliphatic rings. The summed E-state index contributed by atoms with van der Waals surface area (Å²) < 4.78 is 5.20. The number of likely N-dealkylation sites (tertiary alicyclic amines) is 1. The van der Waals surface area contributed by atoms with Crippen LogP contribution in [0.15, 0.2) is 41.1 Å². The van der Waals surface area contributed by atoms with Gasteiger partial charge >= 0.3 is 6.03 Å². The molecule has 1 saturated heterocycles. The standard InChI is InChI=1S/C19H22N6O2/c1-13-21-18(27-24-13)11-14-6-9-25(10-7-14)19(26)22-16-4-2-3-15(12-16)17-5-8-20-23-17/h2-5,8,12,14H,6-7,9-11H2,1H3,(H,20,23)(H,22,26). The van der Waals surface area contributed by atoms with Crippen LogP contribution in [0.25, 0.3) is 11.3 Å². The molecule has 0 bridgehead atoms. The van der Waals surface area contributed by atoms with Gasteiger partial charge in [-0.05, 0) is 43.9 Å². The van der Waals surface area contributed by atoms with E-state index in [1.165, 1.54) is 0 Å². The molecule has 4 rings (SSSR count). The molecule has 0 saturated carbocycles. The molecule has 1 fully saturated rings. The number of carbonyl (C=O) groups excluding carboxylic acids is 1. The molecule has 140 valence electrons. The van der Waals surface area contributed by atoms with Crippen molar-refractivity contribution < 1.29 is 9.32 Å². The number of aromatic nitrogens is 4. The Balaban J connectivity index is 1.31. The molecule has 2 aromatic heterocycles. The largest absolute Gasteiger partial charge is 0.339 e. The molecule has 0 atom stereocenters. The molecule has 3 aromatic rings. The Morgan fingerprint density at radius 1 is 1.33 bits per heavy atom. The van der Waals surface area contributed by atoms with Gasteiger partial charge in [0.25, 0.3) is 0 Å². The van der Waals surface area contributed by atoms with Crippen molar-refractivity contribution in [1.29, 1.82) is 0 Å². The lowest BCUT2D eigenvalue weighted by Crippen LogP contribution is -2.41. The topological polar surface area (TPSA) is 99.9 Å². The number of aromatic amines is 1. The summed E-state index contributed by atoms with van der Waals surface area (Å²) in [5.41, 5.74) is 2.68. The molecular weight excluding hydrogens is 344 g/mol. The van der Waals surface area contributed by atoms with E-state index in [2.05, 4.69) is 25.7 Å². The summed E-state index contributed by atoms with van der Waals surface area (Å²) in [6.07, 6.45) is 4.36. The highest BCUT2D eigenvalue weighted by Crippen LogP contribution is 2.23. The van der Waals surface area contributed by atoms with E-state index in [1.54, 1.807) is 6.20 Å². The van der Waals surface area contributed by atoms with E-state index in [0.29, 0.717) is 17.6 Å². The van der Waals surface area contributed by atoms with Gasteiger partial charge in [-0.3, -0.25) is 5.10 Å². The lowest BCUT2D eigenvalue weighted by molar-refractivity contribution is 0.179. The summed E-state index contributed by atoms with van der Waals surface area (Å²) in [5.74, 6) is 1.82. The van der Waals surface area contributed by atoms with Crippen molar-refractivity contribution in [3.05, 3.63) is 48.2 Å². The van der Waals surface area contributed by atoms with Crippen molar-refractivity contribution in [2.24, 2.45) is 5.92 Å². The summed E-state index contributed by atoms with van der Waals surface area (Å²) in [4.78, 5) is 18.7. The summed E-state index contributed by atoms with van der Waals surface area (Å²) >= 11 is 0. The number of piperidine rings is 1. The molecule has 0 spiro atoms. The van der Waals surface area contributed by atoms with E-state index in [9.17, 15) is 4.79 Å². The van der Waals surface area contributed by atoms with E-state index in [0.717, 1.165) is 49.3 Å².